The van der Waals surface area contributed by atoms with Crippen LogP contribution in [-0.2, 0) is 10.1 Å². The molecule has 0 fully saturated rings. The molecule has 2 aromatic rings. The quantitative estimate of drug-likeness (QED) is 0.155. The van der Waals surface area contributed by atoms with E-state index in [4.69, 9.17) is 23.2 Å². The van der Waals surface area contributed by atoms with Gasteiger partial charge in [0.25, 0.3) is 5.69 Å². The number of carbonyl (C=O) groups is 1. The molecular weight excluding hydrogens is 451 g/mol. The van der Waals surface area contributed by atoms with E-state index >= 15 is 0 Å². The van der Waals surface area contributed by atoms with Crippen molar-refractivity contribution in [2.45, 2.75) is 11.8 Å². The Morgan fingerprint density at radius 2 is 1.82 bits per heavy atom. The van der Waals surface area contributed by atoms with Gasteiger partial charge in [-0.25, -0.2) is 8.42 Å². The third kappa shape index (κ3) is 7.24. The second-order valence-electron chi connectivity index (χ2n) is 4.93. The molecule has 0 radical (unpaired) electrons. The van der Waals surface area contributed by atoms with Crippen molar-refractivity contribution in [3.05, 3.63) is 52.0 Å². The predicted molar refractivity (Wildman–Crippen MR) is 91.7 cm³/mol. The molecule has 0 saturated carbocycles. The molecule has 1 N–H and O–H groups in total. The molecule has 0 aliphatic heterocycles. The molecule has 0 aromatic heterocycles. The number of anilines is 1. The van der Waals surface area contributed by atoms with Crippen LogP contribution in [0.4, 0.5) is 11.4 Å². The molecule has 0 atom stereocenters. The number of hydrogen-bond acceptors (Lipinski definition) is 6. The second kappa shape index (κ2) is 11.8. The van der Waals surface area contributed by atoms with Crippen LogP contribution in [0.5, 0.6) is 0 Å². The van der Waals surface area contributed by atoms with Crippen molar-refractivity contribution in [1.29, 1.82) is 0 Å². The van der Waals surface area contributed by atoms with Crippen LogP contribution in [0.25, 0.3) is 0 Å². The zero-order valence-corrected chi connectivity index (χ0v) is 21.6. The summed E-state index contributed by atoms with van der Waals surface area (Å²) in [5.41, 5.74) is 2.54. The number of nitrogens with zero attached hydrogens (tertiary/aromatic N) is 2. The third-order valence-electron chi connectivity index (χ3n) is 3.14. The topological polar surface area (TPSA) is 125 Å². The Hall–Kier alpha value is -0.200. The normalized spacial score (nSPS) is 11.2. The number of carbonyl (C=O) groups excluding carboxylic acids is 1. The fraction of sp³-hybridized carbons (Fsp3) is 0.133. The van der Waals surface area contributed by atoms with Gasteiger partial charge in [-0.05, 0) is 42.4 Å². The maximum absolute atomic E-state index is 11.4. The van der Waals surface area contributed by atoms with Crippen LogP contribution in [-0.4, -0.2) is 30.3 Å². The van der Waals surface area contributed by atoms with Crippen molar-refractivity contribution >= 4 is 50.7 Å². The number of benzene rings is 2. The summed E-state index contributed by atoms with van der Waals surface area (Å²) in [5.74, 6) is -1.68. The molecule has 2 rings (SSSR count). The molecule has 2 aromatic carbocycles. The largest absolute Gasteiger partial charge is 1.00 e. The first kappa shape index (κ1) is 27.8. The van der Waals surface area contributed by atoms with Gasteiger partial charge >= 0.3 is 59.1 Å². The average Bonchev–Trinajstić information content (AvgIpc) is 2.56. The summed E-state index contributed by atoms with van der Waals surface area (Å²) in [6.45, 7) is 1.95. The van der Waals surface area contributed by atoms with E-state index in [0.29, 0.717) is 21.8 Å². The third-order valence-corrected chi connectivity index (χ3v) is 4.54. The van der Waals surface area contributed by atoms with Gasteiger partial charge in [0.1, 0.15) is 22.4 Å². The maximum atomic E-state index is 11.4. The SMILES string of the molecule is CCN=[N+](Nc1cc(Cl)ccc1Cl)c1ccc(S(=O)(=O)[O-])cc1C(=O)[O-].[Na+].[Na+]. The van der Waals surface area contributed by atoms with Crippen molar-refractivity contribution in [1.82, 2.24) is 0 Å². The molecule has 13 heteroatoms. The van der Waals surface area contributed by atoms with Crippen LogP contribution in [0.3, 0.4) is 0 Å². The molecule has 28 heavy (non-hydrogen) atoms. The molecule has 0 aliphatic rings. The van der Waals surface area contributed by atoms with Gasteiger partial charge in [0.15, 0.2) is 0 Å². The van der Waals surface area contributed by atoms with Crippen LogP contribution in [0, 0.1) is 0 Å². The summed E-state index contributed by atoms with van der Waals surface area (Å²) in [7, 11) is -4.83. The second-order valence-corrected chi connectivity index (χ2v) is 7.15. The summed E-state index contributed by atoms with van der Waals surface area (Å²) in [6, 6.07) is 7.41. The molecule has 0 spiro atoms. The van der Waals surface area contributed by atoms with Crippen LogP contribution in [0.15, 0.2) is 46.4 Å². The van der Waals surface area contributed by atoms with E-state index in [9.17, 15) is 22.9 Å². The maximum Gasteiger partial charge on any atom is 1.00 e. The predicted octanol–water partition coefficient (Wildman–Crippen LogP) is -3.59. The van der Waals surface area contributed by atoms with Crippen molar-refractivity contribution in [3.8, 4) is 0 Å². The Labute approximate surface area is 216 Å². The van der Waals surface area contributed by atoms with Crippen molar-refractivity contribution < 1.29 is 86.8 Å². The van der Waals surface area contributed by atoms with Gasteiger partial charge < -0.3 is 14.5 Å². The van der Waals surface area contributed by atoms with Gasteiger partial charge in [-0.3, -0.25) is 0 Å². The number of nitrogens with one attached hydrogen (secondary N) is 1. The number of halogens is 2. The molecule has 0 amide bonds. The van der Waals surface area contributed by atoms with Crippen molar-refractivity contribution in [2.24, 2.45) is 5.11 Å². The van der Waals surface area contributed by atoms with Gasteiger partial charge in [-0.1, -0.05) is 23.2 Å². The van der Waals surface area contributed by atoms with E-state index in [2.05, 4.69) is 10.5 Å². The number of rotatable bonds is 6. The summed E-state index contributed by atoms with van der Waals surface area (Å²) in [6.07, 6.45) is 0. The number of hydrazine groups is 1. The van der Waals surface area contributed by atoms with Gasteiger partial charge in [0.05, 0.1) is 21.5 Å². The van der Waals surface area contributed by atoms with E-state index in [0.717, 1.165) is 16.9 Å². The number of hydrogen-bond donors (Lipinski definition) is 1. The summed E-state index contributed by atoms with van der Waals surface area (Å²) in [4.78, 5) is 11.8. The zero-order chi connectivity index (χ0) is 19.5. The fourth-order valence-corrected chi connectivity index (χ4v) is 2.86. The molecule has 0 saturated heterocycles. The average molecular weight is 463 g/mol. The molecule has 0 unspecified atom stereocenters. The molecule has 8 nitrogen and oxygen atoms in total. The van der Waals surface area contributed by atoms with Gasteiger partial charge in [0, 0.05) is 15.9 Å². The van der Waals surface area contributed by atoms with E-state index in [1.807, 2.05) is 0 Å². The monoisotopic (exact) mass is 462 g/mol. The van der Waals surface area contributed by atoms with Crippen LogP contribution < -0.4 is 69.6 Å². The van der Waals surface area contributed by atoms with E-state index in [1.54, 1.807) is 13.0 Å². The smallest absolute Gasteiger partial charge is 0.744 e. The molecule has 0 bridgehead atoms. The first-order valence-electron chi connectivity index (χ1n) is 7.14. The Balaban J connectivity index is 0.00000364. The van der Waals surface area contributed by atoms with Crippen molar-refractivity contribution in [2.75, 3.05) is 12.0 Å². The molecule has 138 valence electrons. The summed E-state index contributed by atoms with van der Waals surface area (Å²) < 4.78 is 33.4. The van der Waals surface area contributed by atoms with E-state index in [-0.39, 0.29) is 71.3 Å². The Morgan fingerprint density at radius 1 is 1.18 bits per heavy atom. The zero-order valence-electron chi connectivity index (χ0n) is 15.3. The Bertz CT molecular complexity index is 1000. The van der Waals surface area contributed by atoms with Crippen LogP contribution >= 0.6 is 23.2 Å². The van der Waals surface area contributed by atoms with E-state index in [1.165, 1.54) is 12.1 Å². The molecule has 0 heterocycles. The molecular formula is C15H12Cl2N3Na2O5S+. The van der Waals surface area contributed by atoms with E-state index < -0.39 is 26.5 Å². The Kier molecular flexibility index (Phi) is 11.8. The minimum Gasteiger partial charge on any atom is -0.744 e. The van der Waals surface area contributed by atoms with Gasteiger partial charge in [0.2, 0.25) is 0 Å². The standard InChI is InChI=1S/C15H13Cl2N3O5S.2Na/c1-2-18-20(19-13-7-9(16)3-5-12(13)17)14-6-4-10(26(23,24)25)8-11(14)15(21)22;;/h3-8H,2H2,1H3,(H2-,18,19,21,22,23,24,25);;/q;2*+1/p-1. The van der Waals surface area contributed by atoms with Crippen LogP contribution in [0.2, 0.25) is 10.0 Å². The van der Waals surface area contributed by atoms with Crippen molar-refractivity contribution in [3.63, 3.8) is 0 Å². The first-order valence-corrected chi connectivity index (χ1v) is 9.30. The fourth-order valence-electron chi connectivity index (χ4n) is 2.03. The Morgan fingerprint density at radius 3 is 2.36 bits per heavy atom. The summed E-state index contributed by atoms with van der Waals surface area (Å²) in [5, 5.41) is 16.2. The number of aromatic carboxylic acids is 1. The number of carboxylic acids is 1. The minimum absolute atomic E-state index is 0. The minimum atomic E-state index is -4.83. The van der Waals surface area contributed by atoms with Crippen LogP contribution in [0.1, 0.15) is 17.3 Å². The summed E-state index contributed by atoms with van der Waals surface area (Å²) >= 11 is 12.0. The molecule has 0 aliphatic carbocycles. The van der Waals surface area contributed by atoms with Gasteiger partial charge in [-0.2, -0.15) is 0 Å². The first-order chi connectivity index (χ1) is 12.1. The van der Waals surface area contributed by atoms with Gasteiger partial charge in [-0.15, -0.1) is 5.43 Å². The number of carboxylic acid groups (broad SMARTS) is 1. The number of azo groups is 1.